The molecule has 0 spiro atoms. The van der Waals surface area contributed by atoms with Crippen molar-refractivity contribution in [1.29, 1.82) is 0 Å². The summed E-state index contributed by atoms with van der Waals surface area (Å²) in [7, 11) is 0. The van der Waals surface area contributed by atoms with Gasteiger partial charge in [0.05, 0.1) is 11.3 Å². The number of fused-ring (bicyclic) bond motifs is 3. The van der Waals surface area contributed by atoms with Crippen LogP contribution in [0.1, 0.15) is 96.3 Å². The first kappa shape index (κ1) is 96.1. The molecule has 11 aromatic carbocycles. The van der Waals surface area contributed by atoms with E-state index in [0.717, 1.165) is 112 Å². The summed E-state index contributed by atoms with van der Waals surface area (Å²) in [5, 5.41) is 11.6. The molecule has 8 aromatic heterocycles. The minimum atomic E-state index is -2.12. The molecule has 0 amide bonds. The second-order valence-electron chi connectivity index (χ2n) is 31.2. The van der Waals surface area contributed by atoms with E-state index in [2.05, 4.69) is 177 Å². The van der Waals surface area contributed by atoms with Crippen LogP contribution in [0.15, 0.2) is 411 Å². The Hall–Kier alpha value is -12.9. The number of ketones is 1. The Morgan fingerprint density at radius 1 is 0.323 bits per heavy atom. The fourth-order valence-corrected chi connectivity index (χ4v) is 13.4. The molecule has 0 aliphatic carbocycles. The van der Waals surface area contributed by atoms with Crippen molar-refractivity contribution in [1.82, 2.24) is 34.9 Å². The zero-order valence-corrected chi connectivity index (χ0v) is 84.6. The molecule has 10 nitrogen and oxygen atoms in total. The van der Waals surface area contributed by atoms with Gasteiger partial charge in [-0.05, 0) is 153 Å². The molecule has 0 saturated heterocycles. The van der Waals surface area contributed by atoms with Crippen LogP contribution in [0.5, 0.6) is 0 Å². The van der Waals surface area contributed by atoms with Gasteiger partial charge in [0.25, 0.3) is 0 Å². The number of carbonyl (C=O) groups excluding carboxylic acids is 1. The van der Waals surface area contributed by atoms with E-state index < -0.39 is 13.7 Å². The van der Waals surface area contributed by atoms with Crippen molar-refractivity contribution >= 4 is 27.7 Å². The van der Waals surface area contributed by atoms with Crippen molar-refractivity contribution in [2.75, 3.05) is 0 Å². The Morgan fingerprint density at radius 2 is 0.722 bits per heavy atom. The van der Waals surface area contributed by atoms with Gasteiger partial charge in [-0.1, -0.05) is 240 Å². The number of aromatic nitrogens is 7. The summed E-state index contributed by atoms with van der Waals surface area (Å²) in [5.74, 6) is 1.40. The first-order chi connectivity index (χ1) is 65.4. The van der Waals surface area contributed by atoms with E-state index in [-0.39, 0.29) is 103 Å². The number of carbonyl (C=O) groups is 1. The number of nitrogens with zero attached hydrogens (tertiary/aromatic N) is 7. The molecule has 0 fully saturated rings. The van der Waals surface area contributed by atoms with Crippen molar-refractivity contribution < 1.29 is 103 Å². The predicted octanol–water partition coefficient (Wildman–Crippen LogP) is 30.2. The van der Waals surface area contributed by atoms with E-state index in [0.29, 0.717) is 36.3 Å². The molecular weight excluding hydrogens is 2340 g/mol. The Morgan fingerprint density at radius 3 is 1.17 bits per heavy atom. The van der Waals surface area contributed by atoms with Crippen LogP contribution in [0.4, 0.5) is 0 Å². The van der Waals surface area contributed by atoms with Crippen molar-refractivity contribution in [2.24, 2.45) is 11.8 Å². The Kier molecular flexibility index (Phi) is 40.5. The maximum atomic E-state index is 11.2. The van der Waals surface area contributed by atoms with Crippen LogP contribution in [0.2, 0.25) is 0 Å². The molecule has 133 heavy (non-hydrogen) atoms. The van der Waals surface area contributed by atoms with Crippen LogP contribution in [-0.2, 0) is 85.2 Å². The third-order valence-electron chi connectivity index (χ3n) is 19.8. The number of aliphatic hydroxyl groups excluding tert-OH is 1. The Bertz CT molecular complexity index is 6740. The molecule has 0 atom stereocenters. The number of pyridine rings is 7. The monoisotopic (exact) mass is 2460 g/mol. The van der Waals surface area contributed by atoms with Crippen molar-refractivity contribution in [3.05, 3.63) is 477 Å². The summed E-state index contributed by atoms with van der Waals surface area (Å²) in [6.45, 7) is 12.3. The van der Waals surface area contributed by atoms with Gasteiger partial charge in [0.2, 0.25) is 0 Å². The average Bonchev–Trinajstić information content (AvgIpc) is 1.60. The predicted molar refractivity (Wildman–Crippen MR) is 531 cm³/mol. The summed E-state index contributed by atoms with van der Waals surface area (Å²) in [4.78, 5) is 41.5. The normalized spacial score (nSPS) is 11.2. The minimum Gasteiger partial charge on any atom is -0.512 e. The van der Waals surface area contributed by atoms with Gasteiger partial charge >= 0.3 is 0 Å². The third-order valence-corrected chi connectivity index (χ3v) is 19.8. The second kappa shape index (κ2) is 56.1. The summed E-state index contributed by atoms with van der Waals surface area (Å²) in [6.07, 6.45) is 14.5. The minimum absolute atomic E-state index is 0. The molecule has 0 unspecified atom stereocenters. The number of aryl methyl sites for hydroxylation is 4. The number of hydrogen-bond donors (Lipinski definition) is 1. The molecule has 1 N–H and O–H groups in total. The largest absolute Gasteiger partial charge is 0.512 e. The van der Waals surface area contributed by atoms with Gasteiger partial charge in [-0.3, -0.25) is 4.79 Å². The van der Waals surface area contributed by atoms with E-state index >= 15 is 0 Å². The van der Waals surface area contributed by atoms with Gasteiger partial charge in [0.15, 0.2) is 5.78 Å². The van der Waals surface area contributed by atoms with Crippen molar-refractivity contribution in [3.63, 3.8) is 0 Å². The topological polar surface area (TPSA) is 141 Å². The molecule has 14 heteroatoms. The first-order valence-electron chi connectivity index (χ1n) is 45.8. The van der Waals surface area contributed by atoms with Crippen LogP contribution >= 0.6 is 0 Å². The van der Waals surface area contributed by atoms with E-state index in [1.807, 2.05) is 296 Å². The van der Waals surface area contributed by atoms with Crippen LogP contribution in [0.3, 0.4) is 0 Å². The van der Waals surface area contributed by atoms with Crippen molar-refractivity contribution in [2.45, 2.75) is 87.9 Å². The van der Waals surface area contributed by atoms with Gasteiger partial charge < -0.3 is 44.4 Å². The summed E-state index contributed by atoms with van der Waals surface area (Å²) in [6, 6.07) is 137. The van der Waals surface area contributed by atoms with E-state index in [1.165, 1.54) is 51.9 Å². The van der Waals surface area contributed by atoms with E-state index in [9.17, 15) is 9.90 Å². The third kappa shape index (κ3) is 33.4. The molecule has 4 radical (unpaired) electrons. The van der Waals surface area contributed by atoms with Gasteiger partial charge in [-0.15, -0.1) is 233 Å². The first-order valence-corrected chi connectivity index (χ1v) is 42.8. The quantitative estimate of drug-likeness (QED) is 0.0565. The smallest absolute Gasteiger partial charge is 0.159 e. The van der Waals surface area contributed by atoms with E-state index in [1.54, 1.807) is 42.7 Å². The van der Waals surface area contributed by atoms with Gasteiger partial charge in [-0.25, -0.2) is 0 Å². The molecule has 19 aromatic rings. The maximum Gasteiger partial charge on any atom is 0.159 e. The molecule has 8 heterocycles. The number of aliphatic hydroxyl groups is 1. The number of hydrogen-bond acceptors (Lipinski definition) is 10. The van der Waals surface area contributed by atoms with Crippen LogP contribution < -0.4 is 0 Å². The second-order valence-corrected chi connectivity index (χ2v) is 31.2. The van der Waals surface area contributed by atoms with Gasteiger partial charge in [0, 0.05) is 156 Å². The van der Waals surface area contributed by atoms with Crippen molar-refractivity contribution in [3.8, 4) is 112 Å². The van der Waals surface area contributed by atoms with Gasteiger partial charge in [0.1, 0.15) is 5.58 Å². The van der Waals surface area contributed by atoms with Crippen LogP contribution in [0.25, 0.3) is 134 Å². The SMILES string of the molecule is CC(C)CC(=O)C=C(O)CC(C)C.CC(C)c1cccc2c1oc1c(-c3ccccn3)[c-]ccc12.Cc1ccc(-c2[c-]cccc2)nc1.Cc1ccc(-c2ccnc(-c3[c-]cccc3)c2)cc1.[2H]C([2H])([2H])c1ccc(-c2[c-]ccc(-c3ccccc3)c2)nc1.[2H]C([2H])([2H])c1ccc(-c2[c-]cccc2)nc1.[Ir].[Ir].[Ir].[Ir].[c-]1ccccc1-c1ccc(-c2ccccc2)cn1.[c-]1ccccc1-c1ccccn1. The zero-order valence-electron chi connectivity index (χ0n) is 81.0. The van der Waals surface area contributed by atoms with Gasteiger partial charge in [-0.2, -0.15) is 0 Å². The van der Waals surface area contributed by atoms with Crippen LogP contribution in [-0.4, -0.2) is 45.8 Å². The Balaban J connectivity index is 0.000000196. The molecular formula is C119H104Ir4N7O3-7. The summed E-state index contributed by atoms with van der Waals surface area (Å²) < 4.78 is 50.1. The molecule has 0 aliphatic heterocycles. The standard InChI is InChI=1S/C20H16NO.2C18H14N.C17H12N.2C12H10N.C11H8N.C11H20O2.4Ir/c1-13(2)14-7-5-8-15-16-9-6-10-17(20(16)22-19(14)15)18-11-3-4-12-21-18;1-14-10-11-18(19-13-14)17-9-5-8-16(12-17)15-6-3-2-4-7-15;1-14-7-9-15(10-8-14)17-11-12-19-18(13-17)16-5-3-2-4-6-16;1-3-7-14(8-4-1)16-11-12-17(18-13-16)15-9-5-2-6-10-15;2*1-10-7-8-12(13-9-10)11-5-3-2-4-6-11;1-2-6-10(7-3-1)11-8-4-5-9-12-11;1-8(2)5-10(12)7-11(13)6-9(3)4;;;;/h3-9,11-13H,1-2H3;2-8,10-13H,1H3;2-5,7-13H,1H3;1-9,11-13H;2*2-5,7-9H,1H3;1-6,8-9H;7-9,12H,5-6H2,1-4H3;;;;/q7*-1;;;;;/i;1D3;;;1D3;;;;;;;. The molecule has 19 rings (SSSR count). The fraction of sp³-hybridized carbons (Fsp3) is 0.126. The maximum absolute atomic E-state index is 11.2. The molecule has 0 saturated carbocycles. The number of para-hydroxylation sites is 1. The van der Waals surface area contributed by atoms with Crippen LogP contribution in [0, 0.1) is 81.9 Å². The zero-order chi connectivity index (χ0) is 95.3. The molecule has 0 aliphatic rings. The molecule has 0 bridgehead atoms. The number of allylic oxidation sites excluding steroid dienone is 2. The fourth-order valence-electron chi connectivity index (χ4n) is 13.4. The Labute approximate surface area is 847 Å². The number of benzene rings is 11. The number of rotatable bonds is 16. The summed E-state index contributed by atoms with van der Waals surface area (Å²) in [5.41, 5.74) is 25.9. The average molecular weight is 2460 g/mol. The molecule has 676 valence electrons. The van der Waals surface area contributed by atoms with E-state index in [4.69, 9.17) is 12.6 Å². The summed E-state index contributed by atoms with van der Waals surface area (Å²) >= 11 is 0. The number of furan rings is 1.